The molecule has 1 aromatic carbocycles. The van der Waals surface area contributed by atoms with Crippen molar-refractivity contribution in [1.29, 1.82) is 0 Å². The third-order valence-electron chi connectivity index (χ3n) is 3.83. The van der Waals surface area contributed by atoms with Gasteiger partial charge in [-0.05, 0) is 43.5 Å². The summed E-state index contributed by atoms with van der Waals surface area (Å²) in [5, 5.41) is 8.12. The zero-order valence-electron chi connectivity index (χ0n) is 13.0. The van der Waals surface area contributed by atoms with Crippen LogP contribution in [0.25, 0.3) is 0 Å². The Kier molecular flexibility index (Phi) is 5.08. The Balaban J connectivity index is 2.05. The van der Waals surface area contributed by atoms with E-state index in [1.807, 2.05) is 11.8 Å². The highest BCUT2D eigenvalue weighted by Gasteiger charge is 2.23. The molecule has 0 bridgehead atoms. The van der Waals surface area contributed by atoms with Gasteiger partial charge in [-0.1, -0.05) is 13.3 Å². The van der Waals surface area contributed by atoms with Crippen LogP contribution in [0.2, 0.25) is 0 Å². The molecule has 0 saturated heterocycles. The van der Waals surface area contributed by atoms with E-state index in [4.69, 9.17) is 5.14 Å². The van der Waals surface area contributed by atoms with Crippen molar-refractivity contribution in [1.82, 2.24) is 5.32 Å². The first-order chi connectivity index (χ1) is 10.3. The van der Waals surface area contributed by atoms with Gasteiger partial charge in [-0.3, -0.25) is 4.79 Å². The first-order valence-electron chi connectivity index (χ1n) is 7.51. The topological polar surface area (TPSA) is 92.5 Å². The average Bonchev–Trinajstić information content (AvgIpc) is 2.80. The normalized spacial score (nSPS) is 15.5. The zero-order chi connectivity index (χ0) is 16.3. The number of sulfonamides is 1. The standard InChI is InChI=1S/C15H23N3O3S/c1-3-4-11(2)17-15(19)10-18-8-7-12-9-13(22(16,20)21)5-6-14(12)18/h5-6,9,11H,3-4,7-8,10H2,1-2H3,(H,17,19)(H2,16,20,21). The maximum absolute atomic E-state index is 12.1. The number of amides is 1. The summed E-state index contributed by atoms with van der Waals surface area (Å²) in [5.74, 6) is -0.00989. The number of anilines is 1. The Morgan fingerprint density at radius 1 is 1.45 bits per heavy atom. The molecule has 0 aliphatic carbocycles. The van der Waals surface area contributed by atoms with E-state index in [0.717, 1.165) is 30.5 Å². The van der Waals surface area contributed by atoms with Gasteiger partial charge >= 0.3 is 0 Å². The molecule has 0 spiro atoms. The van der Waals surface area contributed by atoms with Gasteiger partial charge in [-0.25, -0.2) is 13.6 Å². The van der Waals surface area contributed by atoms with Crippen molar-refractivity contribution in [2.45, 2.75) is 44.0 Å². The number of hydrogen-bond acceptors (Lipinski definition) is 4. The number of nitrogens with zero attached hydrogens (tertiary/aromatic N) is 1. The first kappa shape index (κ1) is 16.8. The summed E-state index contributed by atoms with van der Waals surface area (Å²) in [6.07, 6.45) is 2.71. The highest BCUT2D eigenvalue weighted by atomic mass is 32.2. The Morgan fingerprint density at radius 2 is 2.18 bits per heavy atom. The molecule has 3 N–H and O–H groups in total. The second kappa shape index (κ2) is 6.66. The Hall–Kier alpha value is -1.60. The van der Waals surface area contributed by atoms with E-state index in [9.17, 15) is 13.2 Å². The molecule has 1 atom stereocenters. The Bertz CT molecular complexity index is 658. The van der Waals surface area contributed by atoms with Crippen LogP contribution in [0.1, 0.15) is 32.3 Å². The molecule has 0 aromatic heterocycles. The smallest absolute Gasteiger partial charge is 0.239 e. The van der Waals surface area contributed by atoms with Gasteiger partial charge in [0.05, 0.1) is 11.4 Å². The first-order valence-corrected chi connectivity index (χ1v) is 9.06. The Morgan fingerprint density at radius 3 is 2.82 bits per heavy atom. The number of rotatable bonds is 6. The fraction of sp³-hybridized carbons (Fsp3) is 0.533. The van der Waals surface area contributed by atoms with E-state index in [-0.39, 0.29) is 23.4 Å². The van der Waals surface area contributed by atoms with Gasteiger partial charge in [-0.2, -0.15) is 0 Å². The van der Waals surface area contributed by atoms with E-state index in [0.29, 0.717) is 6.54 Å². The maximum atomic E-state index is 12.1. The maximum Gasteiger partial charge on any atom is 0.239 e. The van der Waals surface area contributed by atoms with Crippen LogP contribution in [-0.2, 0) is 21.2 Å². The fourth-order valence-electron chi connectivity index (χ4n) is 2.79. The van der Waals surface area contributed by atoms with Crippen molar-refractivity contribution in [3.8, 4) is 0 Å². The number of carbonyl (C=O) groups is 1. The summed E-state index contributed by atoms with van der Waals surface area (Å²) in [6, 6.07) is 4.99. The summed E-state index contributed by atoms with van der Waals surface area (Å²) in [7, 11) is -3.68. The third-order valence-corrected chi connectivity index (χ3v) is 4.75. The van der Waals surface area contributed by atoms with Crippen molar-refractivity contribution in [3.63, 3.8) is 0 Å². The molecule has 6 nitrogen and oxygen atoms in total. The summed E-state index contributed by atoms with van der Waals surface area (Å²) < 4.78 is 22.7. The number of hydrogen-bond donors (Lipinski definition) is 2. The fourth-order valence-corrected chi connectivity index (χ4v) is 3.35. The molecule has 1 aliphatic rings. The van der Waals surface area contributed by atoms with E-state index in [1.165, 1.54) is 6.07 Å². The highest BCUT2D eigenvalue weighted by molar-refractivity contribution is 7.89. The molecule has 0 radical (unpaired) electrons. The number of nitrogens with one attached hydrogen (secondary N) is 1. The number of fused-ring (bicyclic) bond motifs is 1. The predicted octanol–water partition coefficient (Wildman–Crippen LogP) is 1.00. The van der Waals surface area contributed by atoms with Gasteiger partial charge in [0.1, 0.15) is 0 Å². The molecule has 1 amide bonds. The van der Waals surface area contributed by atoms with Gasteiger partial charge in [0.25, 0.3) is 0 Å². The zero-order valence-corrected chi connectivity index (χ0v) is 13.8. The molecule has 1 unspecified atom stereocenters. The summed E-state index contributed by atoms with van der Waals surface area (Å²) in [4.78, 5) is 14.1. The largest absolute Gasteiger partial charge is 0.362 e. The molecule has 1 aromatic rings. The van der Waals surface area contributed by atoms with Crippen LogP contribution in [-0.4, -0.2) is 33.5 Å². The minimum atomic E-state index is -3.68. The molecule has 122 valence electrons. The lowest BCUT2D eigenvalue weighted by Gasteiger charge is -2.20. The molecular formula is C15H23N3O3S. The van der Waals surface area contributed by atoms with Gasteiger partial charge in [0, 0.05) is 18.3 Å². The lowest BCUT2D eigenvalue weighted by molar-refractivity contribution is -0.120. The molecule has 22 heavy (non-hydrogen) atoms. The van der Waals surface area contributed by atoms with Crippen molar-refractivity contribution in [3.05, 3.63) is 23.8 Å². The van der Waals surface area contributed by atoms with Crippen molar-refractivity contribution in [2.75, 3.05) is 18.0 Å². The van der Waals surface area contributed by atoms with Crippen LogP contribution < -0.4 is 15.4 Å². The molecule has 1 aliphatic heterocycles. The van der Waals surface area contributed by atoms with Crippen molar-refractivity contribution < 1.29 is 13.2 Å². The second-order valence-electron chi connectivity index (χ2n) is 5.76. The van der Waals surface area contributed by atoms with Crippen LogP contribution >= 0.6 is 0 Å². The summed E-state index contributed by atoms with van der Waals surface area (Å²) in [6.45, 7) is 5.08. The molecule has 0 saturated carbocycles. The SMILES string of the molecule is CCCC(C)NC(=O)CN1CCc2cc(S(N)(=O)=O)ccc21. The van der Waals surface area contributed by atoms with Gasteiger partial charge in [0.2, 0.25) is 15.9 Å². The number of nitrogens with two attached hydrogens (primary N) is 1. The molecule has 1 heterocycles. The van der Waals surface area contributed by atoms with E-state index >= 15 is 0 Å². The van der Waals surface area contributed by atoms with Crippen molar-refractivity contribution >= 4 is 21.6 Å². The van der Waals surface area contributed by atoms with Crippen molar-refractivity contribution in [2.24, 2.45) is 5.14 Å². The van der Waals surface area contributed by atoms with Gasteiger partial charge in [-0.15, -0.1) is 0 Å². The Labute approximate surface area is 131 Å². The van der Waals surface area contributed by atoms with E-state index in [2.05, 4.69) is 12.2 Å². The van der Waals surface area contributed by atoms with E-state index < -0.39 is 10.0 Å². The molecule has 2 rings (SSSR count). The third kappa shape index (κ3) is 3.98. The lowest BCUT2D eigenvalue weighted by atomic mass is 10.2. The monoisotopic (exact) mass is 325 g/mol. The lowest BCUT2D eigenvalue weighted by Crippen LogP contribution is -2.40. The quantitative estimate of drug-likeness (QED) is 0.816. The van der Waals surface area contributed by atoms with Crippen LogP contribution in [0.5, 0.6) is 0 Å². The predicted molar refractivity (Wildman–Crippen MR) is 86.2 cm³/mol. The van der Waals surface area contributed by atoms with Gasteiger partial charge < -0.3 is 10.2 Å². The summed E-state index contributed by atoms with van der Waals surface area (Å²) in [5.41, 5.74) is 1.83. The average molecular weight is 325 g/mol. The number of primary sulfonamides is 1. The van der Waals surface area contributed by atoms with Crippen LogP contribution in [0.3, 0.4) is 0 Å². The number of carbonyl (C=O) groups excluding carboxylic acids is 1. The van der Waals surface area contributed by atoms with Crippen LogP contribution in [0, 0.1) is 0 Å². The minimum absolute atomic E-state index is 0.00989. The van der Waals surface area contributed by atoms with Crippen LogP contribution in [0.15, 0.2) is 23.1 Å². The highest BCUT2D eigenvalue weighted by Crippen LogP contribution is 2.29. The summed E-state index contributed by atoms with van der Waals surface area (Å²) >= 11 is 0. The second-order valence-corrected chi connectivity index (χ2v) is 7.33. The van der Waals surface area contributed by atoms with E-state index in [1.54, 1.807) is 12.1 Å². The van der Waals surface area contributed by atoms with Gasteiger partial charge in [0.15, 0.2) is 0 Å². The molecule has 0 fully saturated rings. The molecule has 7 heteroatoms. The number of benzene rings is 1. The van der Waals surface area contributed by atoms with Crippen LogP contribution in [0.4, 0.5) is 5.69 Å². The molecular weight excluding hydrogens is 302 g/mol. The minimum Gasteiger partial charge on any atom is -0.362 e.